The molecule has 0 amide bonds. The molecule has 0 unspecified atom stereocenters. The standard InChI is InChI=1S/C23H32ClNO6/c1-2-29-23-16-19(18-25-8-10-27-12-13-28-11-9-26)6-7-22(23)31-15-14-30-21-5-3-4-20(24)17-21/h3-7,16-17,25-26H,2,8-15,18H2,1H3. The van der Waals surface area contributed by atoms with Gasteiger partial charge in [-0.25, -0.2) is 0 Å². The van der Waals surface area contributed by atoms with Crippen molar-refractivity contribution in [1.29, 1.82) is 0 Å². The van der Waals surface area contributed by atoms with E-state index in [0.717, 1.165) is 12.1 Å². The summed E-state index contributed by atoms with van der Waals surface area (Å²) in [6.45, 7) is 6.69. The highest BCUT2D eigenvalue weighted by Crippen LogP contribution is 2.28. The number of hydrogen-bond donors (Lipinski definition) is 2. The van der Waals surface area contributed by atoms with Crippen molar-refractivity contribution in [2.75, 3.05) is 59.4 Å². The molecule has 0 heterocycles. The van der Waals surface area contributed by atoms with Crippen LogP contribution in [0.5, 0.6) is 17.2 Å². The van der Waals surface area contributed by atoms with Crippen LogP contribution in [0.2, 0.25) is 5.02 Å². The third-order valence-electron chi connectivity index (χ3n) is 4.07. The Morgan fingerprint density at radius 3 is 2.42 bits per heavy atom. The largest absolute Gasteiger partial charge is 0.490 e. The third kappa shape index (κ3) is 10.7. The Bertz CT molecular complexity index is 746. The number of benzene rings is 2. The first-order valence-corrected chi connectivity index (χ1v) is 10.8. The molecule has 0 radical (unpaired) electrons. The van der Waals surface area contributed by atoms with Crippen LogP contribution in [-0.4, -0.2) is 64.5 Å². The van der Waals surface area contributed by atoms with Crippen LogP contribution in [0.15, 0.2) is 42.5 Å². The average Bonchev–Trinajstić information content (AvgIpc) is 2.77. The SMILES string of the molecule is CCOc1cc(CNCCOCCOCCO)ccc1OCCOc1cccc(Cl)c1. The third-order valence-corrected chi connectivity index (χ3v) is 4.31. The summed E-state index contributed by atoms with van der Waals surface area (Å²) in [5.41, 5.74) is 1.09. The Labute approximate surface area is 189 Å². The monoisotopic (exact) mass is 453 g/mol. The molecule has 0 atom stereocenters. The molecule has 0 saturated carbocycles. The highest BCUT2D eigenvalue weighted by Gasteiger charge is 2.07. The molecular weight excluding hydrogens is 422 g/mol. The van der Waals surface area contributed by atoms with Gasteiger partial charge in [0.1, 0.15) is 19.0 Å². The fraction of sp³-hybridized carbons (Fsp3) is 0.478. The lowest BCUT2D eigenvalue weighted by Gasteiger charge is -2.14. The molecule has 0 fully saturated rings. The highest BCUT2D eigenvalue weighted by molar-refractivity contribution is 6.30. The Balaban J connectivity index is 1.69. The van der Waals surface area contributed by atoms with Crippen molar-refractivity contribution in [2.45, 2.75) is 13.5 Å². The second-order valence-corrected chi connectivity index (χ2v) is 6.93. The summed E-state index contributed by atoms with van der Waals surface area (Å²) >= 11 is 5.96. The second-order valence-electron chi connectivity index (χ2n) is 6.49. The predicted octanol–water partition coefficient (Wildman–Crippen LogP) is 3.31. The first-order valence-electron chi connectivity index (χ1n) is 10.5. The van der Waals surface area contributed by atoms with Gasteiger partial charge in [-0.3, -0.25) is 0 Å². The maximum Gasteiger partial charge on any atom is 0.161 e. The van der Waals surface area contributed by atoms with Crippen molar-refractivity contribution in [3.05, 3.63) is 53.1 Å². The summed E-state index contributed by atoms with van der Waals surface area (Å²) in [4.78, 5) is 0. The van der Waals surface area contributed by atoms with Crippen molar-refractivity contribution in [2.24, 2.45) is 0 Å². The summed E-state index contributed by atoms with van der Waals surface area (Å²) in [7, 11) is 0. The fourth-order valence-corrected chi connectivity index (χ4v) is 2.86. The van der Waals surface area contributed by atoms with Crippen LogP contribution in [0, 0.1) is 0 Å². The summed E-state index contributed by atoms with van der Waals surface area (Å²) in [5, 5.41) is 12.6. The summed E-state index contributed by atoms with van der Waals surface area (Å²) in [6.07, 6.45) is 0. The zero-order valence-corrected chi connectivity index (χ0v) is 18.7. The van der Waals surface area contributed by atoms with Crippen LogP contribution >= 0.6 is 11.6 Å². The summed E-state index contributed by atoms with van der Waals surface area (Å²) < 4.78 is 27.8. The van der Waals surface area contributed by atoms with Crippen LogP contribution in [0.25, 0.3) is 0 Å². The smallest absolute Gasteiger partial charge is 0.161 e. The molecule has 0 spiro atoms. The lowest BCUT2D eigenvalue weighted by molar-refractivity contribution is 0.0340. The molecule has 2 aromatic rings. The molecule has 2 N–H and O–H groups in total. The first-order chi connectivity index (χ1) is 15.2. The normalized spacial score (nSPS) is 10.8. The van der Waals surface area contributed by atoms with Gasteiger partial charge < -0.3 is 34.1 Å². The first kappa shape index (κ1) is 25.2. The van der Waals surface area contributed by atoms with Gasteiger partial charge in [0, 0.05) is 18.1 Å². The predicted molar refractivity (Wildman–Crippen MR) is 120 cm³/mol. The molecule has 8 heteroatoms. The molecule has 2 aromatic carbocycles. The van der Waals surface area contributed by atoms with E-state index in [1.165, 1.54) is 0 Å². The minimum absolute atomic E-state index is 0.0336. The van der Waals surface area contributed by atoms with Crippen LogP contribution in [0.4, 0.5) is 0 Å². The molecule has 31 heavy (non-hydrogen) atoms. The van der Waals surface area contributed by atoms with E-state index in [0.29, 0.717) is 75.1 Å². The van der Waals surface area contributed by atoms with Crippen LogP contribution in [-0.2, 0) is 16.0 Å². The number of nitrogens with one attached hydrogen (secondary N) is 1. The number of ether oxygens (including phenoxy) is 5. The van der Waals surface area contributed by atoms with Gasteiger partial charge in [-0.2, -0.15) is 0 Å². The molecule has 0 aliphatic carbocycles. The molecule has 172 valence electrons. The fourth-order valence-electron chi connectivity index (χ4n) is 2.68. The van der Waals surface area contributed by atoms with Gasteiger partial charge in [-0.05, 0) is 42.8 Å². The molecule has 7 nitrogen and oxygen atoms in total. The zero-order chi connectivity index (χ0) is 22.2. The van der Waals surface area contributed by atoms with E-state index in [2.05, 4.69) is 5.32 Å². The van der Waals surface area contributed by atoms with Crippen molar-refractivity contribution >= 4 is 11.6 Å². The number of aliphatic hydroxyl groups is 1. The average molecular weight is 454 g/mol. The van der Waals surface area contributed by atoms with Crippen LogP contribution in [0.3, 0.4) is 0 Å². The van der Waals surface area contributed by atoms with Gasteiger partial charge >= 0.3 is 0 Å². The van der Waals surface area contributed by atoms with E-state index >= 15 is 0 Å². The van der Waals surface area contributed by atoms with Gasteiger partial charge in [-0.15, -0.1) is 0 Å². The number of aliphatic hydroxyl groups excluding tert-OH is 1. The molecular formula is C23H32ClNO6. The highest BCUT2D eigenvalue weighted by atomic mass is 35.5. The zero-order valence-electron chi connectivity index (χ0n) is 18.0. The van der Waals surface area contributed by atoms with E-state index in [4.69, 9.17) is 40.4 Å². The van der Waals surface area contributed by atoms with Gasteiger partial charge in [-0.1, -0.05) is 23.7 Å². The lowest BCUT2D eigenvalue weighted by Crippen LogP contribution is -2.20. The van der Waals surface area contributed by atoms with E-state index in [1.807, 2.05) is 37.3 Å². The number of halogens is 1. The molecule has 0 aliphatic heterocycles. The maximum atomic E-state index is 8.62. The van der Waals surface area contributed by atoms with Gasteiger partial charge in [0.25, 0.3) is 0 Å². The minimum Gasteiger partial charge on any atom is -0.490 e. The van der Waals surface area contributed by atoms with E-state index in [1.54, 1.807) is 12.1 Å². The van der Waals surface area contributed by atoms with Crippen LogP contribution in [0.1, 0.15) is 12.5 Å². The molecule has 0 aromatic heterocycles. The Hall–Kier alpha value is -2.03. The van der Waals surface area contributed by atoms with Gasteiger partial charge in [0.2, 0.25) is 0 Å². The van der Waals surface area contributed by atoms with E-state index in [9.17, 15) is 0 Å². The van der Waals surface area contributed by atoms with Gasteiger partial charge in [0.05, 0.1) is 39.6 Å². The molecule has 2 rings (SSSR count). The lowest BCUT2D eigenvalue weighted by atomic mass is 10.2. The Morgan fingerprint density at radius 1 is 0.839 bits per heavy atom. The number of rotatable bonds is 17. The van der Waals surface area contributed by atoms with Crippen molar-refractivity contribution in [3.8, 4) is 17.2 Å². The van der Waals surface area contributed by atoms with E-state index < -0.39 is 0 Å². The van der Waals surface area contributed by atoms with Crippen molar-refractivity contribution in [1.82, 2.24) is 5.32 Å². The van der Waals surface area contributed by atoms with Gasteiger partial charge in [0.15, 0.2) is 11.5 Å². The molecule has 0 aliphatic rings. The van der Waals surface area contributed by atoms with Crippen molar-refractivity contribution < 1.29 is 28.8 Å². The van der Waals surface area contributed by atoms with Crippen molar-refractivity contribution in [3.63, 3.8) is 0 Å². The number of hydrogen-bond acceptors (Lipinski definition) is 7. The molecule has 0 bridgehead atoms. The minimum atomic E-state index is 0.0336. The Kier molecular flexibility index (Phi) is 12.8. The van der Waals surface area contributed by atoms with E-state index in [-0.39, 0.29) is 6.61 Å². The Morgan fingerprint density at radius 2 is 1.65 bits per heavy atom. The maximum absolute atomic E-state index is 8.62. The van der Waals surface area contributed by atoms with Crippen LogP contribution < -0.4 is 19.5 Å². The second kappa shape index (κ2) is 15.7. The summed E-state index contributed by atoms with van der Waals surface area (Å²) in [6, 6.07) is 13.2. The topological polar surface area (TPSA) is 78.4 Å². The quantitative estimate of drug-likeness (QED) is 0.356. The summed E-state index contributed by atoms with van der Waals surface area (Å²) in [5.74, 6) is 2.11. The molecule has 0 saturated heterocycles.